The van der Waals surface area contributed by atoms with E-state index in [1.807, 2.05) is 23.1 Å². The zero-order valence-electron chi connectivity index (χ0n) is 28.1. The summed E-state index contributed by atoms with van der Waals surface area (Å²) < 4.78 is 38.4. The highest BCUT2D eigenvalue weighted by atomic mass is 19.1. The summed E-state index contributed by atoms with van der Waals surface area (Å²) in [5.74, 6) is 0.0250. The summed E-state index contributed by atoms with van der Waals surface area (Å²) in [6.07, 6.45) is 6.08. The normalized spacial score (nSPS) is 23.3. The van der Waals surface area contributed by atoms with Crippen molar-refractivity contribution in [2.75, 3.05) is 26.7 Å². The zero-order valence-corrected chi connectivity index (χ0v) is 28.1. The molecule has 2 aliphatic heterocycles. The number of methoxy groups -OCH3 is 1. The van der Waals surface area contributed by atoms with Crippen molar-refractivity contribution in [3.63, 3.8) is 0 Å². The lowest BCUT2D eigenvalue weighted by Gasteiger charge is -2.40. The van der Waals surface area contributed by atoms with Crippen molar-refractivity contribution >= 4 is 33.9 Å². The van der Waals surface area contributed by atoms with Crippen molar-refractivity contribution in [2.45, 2.75) is 57.3 Å². The largest absolute Gasteiger partial charge is 0.494 e. The van der Waals surface area contributed by atoms with E-state index in [2.05, 4.69) is 28.2 Å². The lowest BCUT2D eigenvalue weighted by Crippen LogP contribution is -2.51. The lowest BCUT2D eigenvalue weighted by molar-refractivity contribution is 0.0466. The molecular formula is C38H39F2N7O3. The molecule has 50 heavy (non-hydrogen) atoms. The number of amides is 2. The van der Waals surface area contributed by atoms with Gasteiger partial charge in [-0.1, -0.05) is 0 Å². The summed E-state index contributed by atoms with van der Waals surface area (Å²) in [6, 6.07) is 12.8. The summed E-state index contributed by atoms with van der Waals surface area (Å²) in [5.41, 5.74) is 9.88. The molecule has 2 amide bonds. The van der Waals surface area contributed by atoms with Crippen LogP contribution in [0.15, 0.2) is 54.7 Å². The van der Waals surface area contributed by atoms with E-state index in [1.165, 1.54) is 18.9 Å². The molecule has 5 aromatic rings. The van der Waals surface area contributed by atoms with Gasteiger partial charge in [0.2, 0.25) is 0 Å². The minimum atomic E-state index is -0.869. The van der Waals surface area contributed by atoms with E-state index in [0.717, 1.165) is 59.6 Å². The Balaban J connectivity index is 1.11. The molecule has 3 unspecified atom stereocenters. The van der Waals surface area contributed by atoms with E-state index in [4.69, 9.17) is 20.4 Å². The molecule has 5 heterocycles. The Kier molecular flexibility index (Phi) is 7.07. The van der Waals surface area contributed by atoms with Gasteiger partial charge < -0.3 is 29.4 Å². The Hall–Kier alpha value is -4.84. The third kappa shape index (κ3) is 4.90. The number of rotatable bonds is 8. The highest BCUT2D eigenvalue weighted by Crippen LogP contribution is 2.45. The molecule has 2 aromatic carbocycles. The molecular weight excluding hydrogens is 640 g/mol. The number of pyridine rings is 1. The quantitative estimate of drug-likeness (QED) is 0.233. The number of fused-ring (bicyclic) bond motifs is 4. The number of aromatic nitrogens is 4. The molecule has 4 fully saturated rings. The number of benzene rings is 2. The molecule has 0 radical (unpaired) electrons. The maximum Gasteiger partial charge on any atom is 0.256 e. The first kappa shape index (κ1) is 31.2. The first-order valence-corrected chi connectivity index (χ1v) is 17.5. The van der Waals surface area contributed by atoms with Gasteiger partial charge >= 0.3 is 0 Å². The van der Waals surface area contributed by atoms with Gasteiger partial charge in [-0.05, 0) is 86.9 Å². The number of hydrogen-bond acceptors (Lipinski definition) is 6. The predicted molar refractivity (Wildman–Crippen MR) is 184 cm³/mol. The molecule has 3 atom stereocenters. The Morgan fingerprint density at radius 1 is 0.960 bits per heavy atom. The zero-order chi connectivity index (χ0) is 34.5. The second-order valence-corrected chi connectivity index (χ2v) is 14.9. The van der Waals surface area contributed by atoms with Crippen molar-refractivity contribution in [2.24, 2.45) is 23.5 Å². The second kappa shape index (κ2) is 11.3. The van der Waals surface area contributed by atoms with Gasteiger partial charge in [0, 0.05) is 67.4 Å². The van der Waals surface area contributed by atoms with E-state index >= 15 is 0 Å². The minimum Gasteiger partial charge on any atom is -0.494 e. The number of halogens is 2. The average Bonchev–Trinajstić information content (AvgIpc) is 3.54. The standard InChI is InChI=1S/C38H39F2N7O3/c1-38(41)25-7-10-32(38)46(20-25)36(48)24-12-29-33(31(14-24)50-2)47(19-22-16-44(17-22)37(49)27-9-8-26(39)15-28(27)40)35(43-29)30-13-23-4-3-11-42-34(23)45(30)18-21-5-6-21/h3-4,8-9,11-15,21-22,25,32H,5-7,10,16-20,41H2,1-2H3. The van der Waals surface area contributed by atoms with Crippen LogP contribution in [-0.2, 0) is 13.1 Å². The van der Waals surface area contributed by atoms with Gasteiger partial charge in [0.25, 0.3) is 11.8 Å². The number of imidazole rings is 1. The molecule has 0 spiro atoms. The van der Waals surface area contributed by atoms with E-state index in [9.17, 15) is 18.4 Å². The number of carbonyl (C=O) groups excluding carboxylic acids is 2. The van der Waals surface area contributed by atoms with Crippen molar-refractivity contribution < 1.29 is 23.1 Å². The van der Waals surface area contributed by atoms with E-state index in [-0.39, 0.29) is 29.3 Å². The third-order valence-corrected chi connectivity index (χ3v) is 11.6. The number of piperidine rings is 1. The van der Waals surface area contributed by atoms with Crippen LogP contribution in [-0.4, -0.2) is 79.0 Å². The maximum atomic E-state index is 14.5. The fourth-order valence-electron chi connectivity index (χ4n) is 8.63. The molecule has 3 aromatic heterocycles. The highest BCUT2D eigenvalue weighted by Gasteiger charge is 2.54. The molecule has 12 heteroatoms. The van der Waals surface area contributed by atoms with Crippen molar-refractivity contribution in [1.29, 1.82) is 0 Å². The Labute approximate surface area is 287 Å². The first-order chi connectivity index (χ1) is 24.1. The van der Waals surface area contributed by atoms with Crippen molar-refractivity contribution in [3.05, 3.63) is 77.5 Å². The van der Waals surface area contributed by atoms with Crippen molar-refractivity contribution in [1.82, 2.24) is 28.9 Å². The van der Waals surface area contributed by atoms with Crippen LogP contribution >= 0.6 is 0 Å². The molecule has 2 saturated carbocycles. The lowest BCUT2D eigenvalue weighted by atomic mass is 9.92. The molecule has 2 aliphatic carbocycles. The van der Waals surface area contributed by atoms with Crippen LogP contribution in [0.3, 0.4) is 0 Å². The fourth-order valence-corrected chi connectivity index (χ4v) is 8.63. The first-order valence-electron chi connectivity index (χ1n) is 17.5. The van der Waals surface area contributed by atoms with Crippen LogP contribution in [0, 0.1) is 29.4 Å². The molecule has 2 saturated heterocycles. The summed E-state index contributed by atoms with van der Waals surface area (Å²) in [5, 5.41) is 1.01. The summed E-state index contributed by atoms with van der Waals surface area (Å²) in [4.78, 5) is 40.7. The van der Waals surface area contributed by atoms with Gasteiger partial charge in [-0.25, -0.2) is 18.7 Å². The Morgan fingerprint density at radius 3 is 2.46 bits per heavy atom. The second-order valence-electron chi connectivity index (χ2n) is 14.9. The third-order valence-electron chi connectivity index (χ3n) is 11.6. The predicted octanol–water partition coefficient (Wildman–Crippen LogP) is 5.47. The van der Waals surface area contributed by atoms with Gasteiger partial charge in [0.15, 0.2) is 5.82 Å². The van der Waals surface area contributed by atoms with Crippen molar-refractivity contribution in [3.8, 4) is 17.3 Å². The smallest absolute Gasteiger partial charge is 0.256 e. The number of nitrogens with two attached hydrogens (primary N) is 1. The molecule has 2 bridgehead atoms. The molecule has 9 rings (SSSR count). The number of hydrogen-bond donors (Lipinski definition) is 1. The number of likely N-dealkylation sites (tertiary alicyclic amines) is 2. The van der Waals surface area contributed by atoms with Gasteiger partial charge in [-0.15, -0.1) is 0 Å². The summed E-state index contributed by atoms with van der Waals surface area (Å²) in [6.45, 7) is 4.82. The number of carbonyl (C=O) groups is 2. The summed E-state index contributed by atoms with van der Waals surface area (Å²) in [7, 11) is 1.60. The van der Waals surface area contributed by atoms with Gasteiger partial charge in [-0.3, -0.25) is 9.59 Å². The fraction of sp³-hybridized carbons (Fsp3) is 0.421. The van der Waals surface area contributed by atoms with E-state index in [0.29, 0.717) is 48.9 Å². The van der Waals surface area contributed by atoms with Crippen LogP contribution < -0.4 is 10.5 Å². The van der Waals surface area contributed by atoms with Crippen LogP contribution in [0.5, 0.6) is 5.75 Å². The summed E-state index contributed by atoms with van der Waals surface area (Å²) >= 11 is 0. The Morgan fingerprint density at radius 2 is 1.76 bits per heavy atom. The van der Waals surface area contributed by atoms with Crippen LogP contribution in [0.2, 0.25) is 0 Å². The van der Waals surface area contributed by atoms with Gasteiger partial charge in [0.05, 0.1) is 29.9 Å². The SMILES string of the molecule is COc1cc(C(=O)N2CC3CCC2C3(C)N)cc2nc(-c3cc4cccnc4n3CC3CC3)n(CC3CN(C(=O)c4ccc(F)cc4F)C3)c12. The monoisotopic (exact) mass is 679 g/mol. The molecule has 2 N–H and O–H groups in total. The number of nitrogens with zero attached hydrogens (tertiary/aromatic N) is 6. The van der Waals surface area contributed by atoms with Gasteiger partial charge in [0.1, 0.15) is 28.5 Å². The van der Waals surface area contributed by atoms with Gasteiger partial charge in [-0.2, -0.15) is 0 Å². The molecule has 4 aliphatic rings. The molecule has 10 nitrogen and oxygen atoms in total. The Bertz CT molecular complexity index is 2200. The van der Waals surface area contributed by atoms with Crippen LogP contribution in [0.1, 0.15) is 53.3 Å². The average molecular weight is 680 g/mol. The van der Waals surface area contributed by atoms with Crippen LogP contribution in [0.25, 0.3) is 33.6 Å². The van der Waals surface area contributed by atoms with Crippen LogP contribution in [0.4, 0.5) is 8.78 Å². The van der Waals surface area contributed by atoms with E-state index in [1.54, 1.807) is 18.2 Å². The maximum absolute atomic E-state index is 14.5. The number of ether oxygens (including phenoxy) is 1. The van der Waals surface area contributed by atoms with E-state index < -0.39 is 23.1 Å². The topological polar surface area (TPSA) is 112 Å². The minimum absolute atomic E-state index is 0.00639. The highest BCUT2D eigenvalue weighted by molar-refractivity contribution is 6.01. The molecule has 258 valence electrons.